The summed E-state index contributed by atoms with van der Waals surface area (Å²) in [5.41, 5.74) is 5.22. The second-order valence-corrected chi connectivity index (χ2v) is 12.0. The van der Waals surface area contributed by atoms with Gasteiger partial charge in [-0.25, -0.2) is 8.42 Å². The number of ether oxygens (including phenoxy) is 1. The minimum absolute atomic E-state index is 0.0535. The maximum Gasteiger partial charge on any atom is 0.315 e. The molecule has 1 unspecified atom stereocenters. The summed E-state index contributed by atoms with van der Waals surface area (Å²) in [7, 11) is -4.65. The number of aryl methyl sites for hydroxylation is 1. The van der Waals surface area contributed by atoms with Crippen LogP contribution in [-0.4, -0.2) is 18.9 Å². The van der Waals surface area contributed by atoms with Crippen molar-refractivity contribution in [2.75, 3.05) is 0 Å². The van der Waals surface area contributed by atoms with Crippen LogP contribution in [0.15, 0.2) is 65.6 Å². The SMILES string of the molecule is Cc1cc(S(=O)(=O)[O-])c(C(C)C)cc1OC(=O)C1C2c3ccccc3C(c3ccccc32)C1(C)C. The summed E-state index contributed by atoms with van der Waals surface area (Å²) in [6, 6.07) is 19.5. The fourth-order valence-electron chi connectivity index (χ4n) is 6.29. The predicted molar refractivity (Wildman–Crippen MR) is 133 cm³/mol. The molecule has 3 aliphatic carbocycles. The molecule has 0 aliphatic heterocycles. The molecular formula is C29H29O5S-. The molecule has 5 nitrogen and oxygen atoms in total. The van der Waals surface area contributed by atoms with Crippen LogP contribution in [0.2, 0.25) is 0 Å². The van der Waals surface area contributed by atoms with Crippen LogP contribution < -0.4 is 4.74 Å². The highest BCUT2D eigenvalue weighted by Crippen LogP contribution is 2.63. The molecule has 3 aromatic carbocycles. The highest BCUT2D eigenvalue weighted by molar-refractivity contribution is 7.85. The Morgan fingerprint density at radius 1 is 0.943 bits per heavy atom. The molecule has 0 fully saturated rings. The molecule has 0 heterocycles. The highest BCUT2D eigenvalue weighted by Gasteiger charge is 2.57. The molecule has 0 radical (unpaired) electrons. The first-order valence-corrected chi connectivity index (χ1v) is 13.3. The summed E-state index contributed by atoms with van der Waals surface area (Å²) in [5, 5.41) is 0. The minimum Gasteiger partial charge on any atom is -0.744 e. The lowest BCUT2D eigenvalue weighted by molar-refractivity contribution is -0.145. The smallest absolute Gasteiger partial charge is 0.315 e. The van der Waals surface area contributed by atoms with Gasteiger partial charge in [-0.3, -0.25) is 4.79 Å². The fourth-order valence-corrected chi connectivity index (χ4v) is 7.19. The van der Waals surface area contributed by atoms with Gasteiger partial charge in [-0.05, 0) is 63.8 Å². The van der Waals surface area contributed by atoms with Crippen LogP contribution in [0.3, 0.4) is 0 Å². The van der Waals surface area contributed by atoms with Gasteiger partial charge in [0.15, 0.2) is 0 Å². The van der Waals surface area contributed by atoms with Gasteiger partial charge in [-0.2, -0.15) is 0 Å². The van der Waals surface area contributed by atoms with E-state index in [1.807, 2.05) is 38.1 Å². The number of carbonyl (C=O) groups excluding carboxylic acids is 1. The Morgan fingerprint density at radius 3 is 1.94 bits per heavy atom. The van der Waals surface area contributed by atoms with Gasteiger partial charge < -0.3 is 9.29 Å². The average Bonchev–Trinajstić information content (AvgIpc) is 2.78. The number of fused-ring (bicyclic) bond motifs is 1. The zero-order valence-electron chi connectivity index (χ0n) is 20.5. The largest absolute Gasteiger partial charge is 0.744 e. The first-order valence-electron chi connectivity index (χ1n) is 11.9. The zero-order chi connectivity index (χ0) is 25.3. The third-order valence-electron chi connectivity index (χ3n) is 7.83. The van der Waals surface area contributed by atoms with Crippen molar-refractivity contribution in [3.8, 4) is 5.75 Å². The molecule has 1 atom stereocenters. The van der Waals surface area contributed by atoms with E-state index in [9.17, 15) is 17.8 Å². The van der Waals surface area contributed by atoms with Gasteiger partial charge in [-0.15, -0.1) is 0 Å². The molecule has 2 bridgehead atoms. The van der Waals surface area contributed by atoms with Crippen molar-refractivity contribution in [2.24, 2.45) is 11.3 Å². The first-order chi connectivity index (χ1) is 16.4. The Bertz CT molecular complexity index is 1400. The average molecular weight is 490 g/mol. The van der Waals surface area contributed by atoms with Crippen molar-refractivity contribution >= 4 is 16.1 Å². The molecule has 6 rings (SSSR count). The van der Waals surface area contributed by atoms with Crippen molar-refractivity contribution in [1.82, 2.24) is 0 Å². The standard InChI is InChI=1S/C29H30O5S/c1-16(2)22-15-23(17(3)14-24(22)35(31,32)33)34-28(30)27-25-18-10-6-8-12-20(18)26(29(27,4)5)21-13-9-7-11-19(21)25/h6-16,25-27H,1-5H3,(H,31,32,33)/p-1. The summed E-state index contributed by atoms with van der Waals surface area (Å²) >= 11 is 0. The van der Waals surface area contributed by atoms with E-state index in [1.165, 1.54) is 17.2 Å². The summed E-state index contributed by atoms with van der Waals surface area (Å²) < 4.78 is 41.5. The second-order valence-electron chi connectivity index (χ2n) is 10.7. The van der Waals surface area contributed by atoms with Gasteiger partial charge in [0.05, 0.1) is 10.8 Å². The molecule has 0 saturated heterocycles. The van der Waals surface area contributed by atoms with Crippen LogP contribution in [0.5, 0.6) is 5.75 Å². The molecule has 0 saturated carbocycles. The quantitative estimate of drug-likeness (QED) is 0.260. The lowest BCUT2D eigenvalue weighted by Crippen LogP contribution is -2.50. The maximum atomic E-state index is 13.9. The topological polar surface area (TPSA) is 83.5 Å². The third-order valence-corrected chi connectivity index (χ3v) is 8.72. The van der Waals surface area contributed by atoms with Crippen molar-refractivity contribution in [3.63, 3.8) is 0 Å². The summed E-state index contributed by atoms with van der Waals surface area (Å²) in [4.78, 5) is 13.6. The van der Waals surface area contributed by atoms with E-state index in [1.54, 1.807) is 13.0 Å². The summed E-state index contributed by atoms with van der Waals surface area (Å²) in [6.07, 6.45) is 0. The molecule has 3 aliphatic rings. The normalized spacial score (nSPS) is 22.0. The van der Waals surface area contributed by atoms with Gasteiger partial charge in [0.2, 0.25) is 0 Å². The van der Waals surface area contributed by atoms with E-state index in [0.717, 1.165) is 11.1 Å². The Morgan fingerprint density at radius 2 is 1.46 bits per heavy atom. The van der Waals surface area contributed by atoms with Crippen LogP contribution in [0.1, 0.15) is 78.8 Å². The van der Waals surface area contributed by atoms with Gasteiger partial charge in [0.25, 0.3) is 0 Å². The molecule has 182 valence electrons. The maximum absolute atomic E-state index is 13.9. The van der Waals surface area contributed by atoms with Gasteiger partial charge in [0.1, 0.15) is 15.9 Å². The van der Waals surface area contributed by atoms with E-state index in [-0.39, 0.29) is 28.6 Å². The molecule has 6 heteroatoms. The third kappa shape index (κ3) is 3.62. The van der Waals surface area contributed by atoms with Crippen LogP contribution in [0.4, 0.5) is 0 Å². The molecule has 35 heavy (non-hydrogen) atoms. The first kappa shape index (κ1) is 23.8. The Labute approximate surface area is 206 Å². The molecule has 0 aromatic heterocycles. The van der Waals surface area contributed by atoms with E-state index in [4.69, 9.17) is 4.74 Å². The number of hydrogen-bond donors (Lipinski definition) is 0. The number of rotatable bonds is 4. The number of carbonyl (C=O) groups is 1. The number of esters is 1. The summed E-state index contributed by atoms with van der Waals surface area (Å²) in [6.45, 7) is 9.53. The van der Waals surface area contributed by atoms with Crippen LogP contribution in [0.25, 0.3) is 0 Å². The van der Waals surface area contributed by atoms with Gasteiger partial charge in [-0.1, -0.05) is 76.2 Å². The minimum atomic E-state index is -4.65. The lowest BCUT2D eigenvalue weighted by Gasteiger charge is -2.54. The fraction of sp³-hybridized carbons (Fsp3) is 0.345. The monoisotopic (exact) mass is 489 g/mol. The number of benzene rings is 3. The van der Waals surface area contributed by atoms with Crippen LogP contribution in [-0.2, 0) is 14.9 Å². The molecule has 0 N–H and O–H groups in total. The highest BCUT2D eigenvalue weighted by atomic mass is 32.2. The Kier molecular flexibility index (Phi) is 5.46. The molecule has 0 amide bonds. The van der Waals surface area contributed by atoms with Crippen molar-refractivity contribution in [1.29, 1.82) is 0 Å². The van der Waals surface area contributed by atoms with Crippen molar-refractivity contribution in [3.05, 3.63) is 94.0 Å². The predicted octanol–water partition coefficient (Wildman–Crippen LogP) is 5.86. The molecule has 0 spiro atoms. The van der Waals surface area contributed by atoms with E-state index in [2.05, 4.69) is 38.1 Å². The van der Waals surface area contributed by atoms with Crippen LogP contribution in [0, 0.1) is 18.3 Å². The molecule has 3 aromatic rings. The van der Waals surface area contributed by atoms with Gasteiger partial charge >= 0.3 is 5.97 Å². The van der Waals surface area contributed by atoms with Gasteiger partial charge in [0, 0.05) is 11.8 Å². The Balaban J connectivity index is 1.61. The summed E-state index contributed by atoms with van der Waals surface area (Å²) in [5.74, 6) is -0.789. The molecular weight excluding hydrogens is 460 g/mol. The van der Waals surface area contributed by atoms with Crippen molar-refractivity contribution < 1.29 is 22.5 Å². The second kappa shape index (κ2) is 8.04. The number of hydrogen-bond acceptors (Lipinski definition) is 5. The van der Waals surface area contributed by atoms with E-state index < -0.39 is 21.5 Å². The Hall–Kier alpha value is -2.96. The zero-order valence-corrected chi connectivity index (χ0v) is 21.3. The van der Waals surface area contributed by atoms with Crippen LogP contribution >= 0.6 is 0 Å². The van der Waals surface area contributed by atoms with E-state index >= 15 is 0 Å². The lowest BCUT2D eigenvalue weighted by atomic mass is 9.48. The van der Waals surface area contributed by atoms with Crippen molar-refractivity contribution in [2.45, 2.75) is 57.3 Å². The van der Waals surface area contributed by atoms with E-state index in [0.29, 0.717) is 16.9 Å².